The molecule has 0 heterocycles. The molecule has 1 aromatic rings. The van der Waals surface area contributed by atoms with Crippen LogP contribution >= 0.6 is 0 Å². The third kappa shape index (κ3) is 3.78. The summed E-state index contributed by atoms with van der Waals surface area (Å²) in [5.74, 6) is 0.584. The fourth-order valence-electron chi connectivity index (χ4n) is 1.36. The molecule has 0 amide bonds. The van der Waals surface area contributed by atoms with E-state index >= 15 is 0 Å². The molecule has 0 unspecified atom stereocenters. The number of hydrogen-bond acceptors (Lipinski definition) is 1. The highest BCUT2D eigenvalue weighted by Crippen LogP contribution is 2.18. The largest absolute Gasteiger partial charge is 0.381 e. The van der Waals surface area contributed by atoms with Gasteiger partial charge < -0.3 is 5.32 Å². The molecule has 82 valence electrons. The summed E-state index contributed by atoms with van der Waals surface area (Å²) in [5, 5.41) is 3.39. The second kappa shape index (κ2) is 5.59. The Morgan fingerprint density at radius 1 is 1.40 bits per heavy atom. The monoisotopic (exact) mass is 203 g/mol. The minimum absolute atomic E-state index is 0.584. The lowest BCUT2D eigenvalue weighted by atomic mass is 10.0. The molecule has 0 bridgehead atoms. The van der Waals surface area contributed by atoms with Gasteiger partial charge in [-0.2, -0.15) is 0 Å². The van der Waals surface area contributed by atoms with E-state index in [0.29, 0.717) is 5.92 Å². The molecule has 0 atom stereocenters. The normalized spacial score (nSPS) is 10.4. The minimum atomic E-state index is 0.584. The molecule has 0 radical (unpaired) electrons. The highest BCUT2D eigenvalue weighted by atomic mass is 14.9. The molecule has 0 aliphatic heterocycles. The Kier molecular flexibility index (Phi) is 4.41. The van der Waals surface area contributed by atoms with Gasteiger partial charge in [0.1, 0.15) is 0 Å². The summed E-state index contributed by atoms with van der Waals surface area (Å²) in [7, 11) is 0. The first kappa shape index (κ1) is 11.8. The Bertz CT molecular complexity index is 326. The minimum Gasteiger partial charge on any atom is -0.381 e. The van der Waals surface area contributed by atoms with Gasteiger partial charge in [-0.25, -0.2) is 0 Å². The molecule has 1 aromatic carbocycles. The van der Waals surface area contributed by atoms with E-state index in [2.05, 4.69) is 56.9 Å². The molecule has 0 fully saturated rings. The van der Waals surface area contributed by atoms with Crippen molar-refractivity contribution in [2.75, 3.05) is 11.9 Å². The summed E-state index contributed by atoms with van der Waals surface area (Å²) in [6.45, 7) is 11.4. The van der Waals surface area contributed by atoms with E-state index in [4.69, 9.17) is 0 Å². The molecular weight excluding hydrogens is 182 g/mol. The van der Waals surface area contributed by atoms with Gasteiger partial charge in [-0.3, -0.25) is 0 Å². The van der Waals surface area contributed by atoms with Gasteiger partial charge in [-0.15, -0.1) is 0 Å². The molecule has 1 nitrogen and oxygen atoms in total. The number of anilines is 1. The van der Waals surface area contributed by atoms with Gasteiger partial charge in [0.2, 0.25) is 0 Å². The van der Waals surface area contributed by atoms with Crippen LogP contribution in [-0.2, 0) is 0 Å². The summed E-state index contributed by atoms with van der Waals surface area (Å²) in [4.78, 5) is 0. The number of benzene rings is 1. The van der Waals surface area contributed by atoms with E-state index in [1.807, 2.05) is 0 Å². The van der Waals surface area contributed by atoms with E-state index < -0.39 is 0 Å². The molecule has 0 spiro atoms. The first-order valence-corrected chi connectivity index (χ1v) is 5.64. The van der Waals surface area contributed by atoms with Crippen LogP contribution < -0.4 is 5.32 Å². The molecule has 1 rings (SSSR count). The van der Waals surface area contributed by atoms with Crippen LogP contribution in [0.4, 0.5) is 5.69 Å². The predicted molar refractivity (Wildman–Crippen MR) is 68.5 cm³/mol. The van der Waals surface area contributed by atoms with Crippen LogP contribution in [-0.4, -0.2) is 6.54 Å². The van der Waals surface area contributed by atoms with Crippen molar-refractivity contribution < 1.29 is 0 Å². The third-order valence-corrected chi connectivity index (χ3v) is 2.60. The number of nitrogens with one attached hydrogen (secondary N) is 1. The van der Waals surface area contributed by atoms with Crippen LogP contribution in [0.5, 0.6) is 0 Å². The standard InChI is InChI=1S/C14H21N/c1-5-12(4)10-15-14-8-6-7-13(9-14)11(2)3/h6-9,11,15H,4-5,10H2,1-3H3. The van der Waals surface area contributed by atoms with E-state index in [-0.39, 0.29) is 0 Å². The highest BCUT2D eigenvalue weighted by molar-refractivity contribution is 5.47. The zero-order valence-corrected chi connectivity index (χ0v) is 10.0. The van der Waals surface area contributed by atoms with Gasteiger partial charge in [-0.1, -0.05) is 45.1 Å². The van der Waals surface area contributed by atoms with E-state index in [1.54, 1.807) is 0 Å². The second-order valence-electron chi connectivity index (χ2n) is 4.24. The van der Waals surface area contributed by atoms with Crippen molar-refractivity contribution in [3.63, 3.8) is 0 Å². The van der Waals surface area contributed by atoms with E-state index in [0.717, 1.165) is 13.0 Å². The third-order valence-electron chi connectivity index (χ3n) is 2.60. The zero-order valence-electron chi connectivity index (χ0n) is 10.0. The summed E-state index contributed by atoms with van der Waals surface area (Å²) in [5.41, 5.74) is 3.81. The number of hydrogen-bond donors (Lipinski definition) is 1. The van der Waals surface area contributed by atoms with Gasteiger partial charge >= 0.3 is 0 Å². The van der Waals surface area contributed by atoms with Gasteiger partial charge in [-0.05, 0) is 30.0 Å². The Morgan fingerprint density at radius 3 is 2.73 bits per heavy atom. The maximum atomic E-state index is 3.98. The molecule has 15 heavy (non-hydrogen) atoms. The topological polar surface area (TPSA) is 12.0 Å². The quantitative estimate of drug-likeness (QED) is 0.708. The molecule has 0 aliphatic carbocycles. The van der Waals surface area contributed by atoms with Crippen LogP contribution in [0.2, 0.25) is 0 Å². The lowest BCUT2D eigenvalue weighted by Gasteiger charge is -2.10. The highest BCUT2D eigenvalue weighted by Gasteiger charge is 1.99. The van der Waals surface area contributed by atoms with Crippen LogP contribution in [0.25, 0.3) is 0 Å². The molecular formula is C14H21N. The maximum Gasteiger partial charge on any atom is 0.0357 e. The summed E-state index contributed by atoms with van der Waals surface area (Å²) in [6, 6.07) is 8.60. The van der Waals surface area contributed by atoms with Crippen LogP contribution in [0.3, 0.4) is 0 Å². The van der Waals surface area contributed by atoms with Crippen LogP contribution in [0.15, 0.2) is 36.4 Å². The summed E-state index contributed by atoms with van der Waals surface area (Å²) in [6.07, 6.45) is 1.04. The molecule has 0 saturated heterocycles. The van der Waals surface area contributed by atoms with Crippen molar-refractivity contribution in [2.45, 2.75) is 33.1 Å². The fourth-order valence-corrected chi connectivity index (χ4v) is 1.36. The first-order chi connectivity index (χ1) is 7.13. The van der Waals surface area contributed by atoms with Crippen molar-refractivity contribution in [3.05, 3.63) is 42.0 Å². The molecule has 1 heteroatoms. The van der Waals surface area contributed by atoms with Crippen molar-refractivity contribution in [3.8, 4) is 0 Å². The van der Waals surface area contributed by atoms with Crippen LogP contribution in [0.1, 0.15) is 38.7 Å². The Labute approximate surface area is 93.2 Å². The van der Waals surface area contributed by atoms with Gasteiger partial charge in [0.05, 0.1) is 0 Å². The summed E-state index contributed by atoms with van der Waals surface area (Å²) < 4.78 is 0. The van der Waals surface area contributed by atoms with Crippen molar-refractivity contribution in [1.29, 1.82) is 0 Å². The SMILES string of the molecule is C=C(CC)CNc1cccc(C(C)C)c1. The smallest absolute Gasteiger partial charge is 0.0357 e. The Morgan fingerprint density at radius 2 is 2.13 bits per heavy atom. The van der Waals surface area contributed by atoms with Gasteiger partial charge in [0, 0.05) is 12.2 Å². The molecule has 0 aromatic heterocycles. The maximum absolute atomic E-state index is 3.98. The molecule has 1 N–H and O–H groups in total. The Balaban J connectivity index is 2.61. The van der Waals surface area contributed by atoms with E-state index in [1.165, 1.54) is 16.8 Å². The predicted octanol–water partition coefficient (Wildman–Crippen LogP) is 4.19. The van der Waals surface area contributed by atoms with Crippen molar-refractivity contribution in [2.24, 2.45) is 0 Å². The number of rotatable bonds is 5. The van der Waals surface area contributed by atoms with Crippen LogP contribution in [0, 0.1) is 0 Å². The zero-order chi connectivity index (χ0) is 11.3. The van der Waals surface area contributed by atoms with Crippen molar-refractivity contribution >= 4 is 5.69 Å². The lowest BCUT2D eigenvalue weighted by molar-refractivity contribution is 0.866. The Hall–Kier alpha value is -1.24. The fraction of sp³-hybridized carbons (Fsp3) is 0.429. The average molecular weight is 203 g/mol. The lowest BCUT2D eigenvalue weighted by Crippen LogP contribution is -2.03. The van der Waals surface area contributed by atoms with Crippen molar-refractivity contribution in [1.82, 2.24) is 0 Å². The van der Waals surface area contributed by atoms with Gasteiger partial charge in [0.25, 0.3) is 0 Å². The average Bonchev–Trinajstić information content (AvgIpc) is 2.26. The van der Waals surface area contributed by atoms with E-state index in [9.17, 15) is 0 Å². The summed E-state index contributed by atoms with van der Waals surface area (Å²) >= 11 is 0. The van der Waals surface area contributed by atoms with Gasteiger partial charge in [0.15, 0.2) is 0 Å². The second-order valence-corrected chi connectivity index (χ2v) is 4.24. The molecule has 0 saturated carbocycles. The first-order valence-electron chi connectivity index (χ1n) is 5.64. The molecule has 0 aliphatic rings.